The molecule has 0 heterocycles. The zero-order valence-corrected chi connectivity index (χ0v) is 59.4. The third-order valence-corrected chi connectivity index (χ3v) is 16.2. The van der Waals surface area contributed by atoms with Crippen molar-refractivity contribution in [3.05, 3.63) is 134 Å². The number of allylic oxidation sites excluding steroid dienone is 22. The van der Waals surface area contributed by atoms with Crippen LogP contribution in [-0.2, 0) is 55.8 Å². The number of carbonyl (C=O) groups is 3. The number of aliphatic hydroxyl groups is 2. The van der Waals surface area contributed by atoms with Crippen LogP contribution in [0.25, 0.3) is 0 Å². The van der Waals surface area contributed by atoms with Gasteiger partial charge in [-0.1, -0.05) is 238 Å². The summed E-state index contributed by atoms with van der Waals surface area (Å²) in [6.45, 7) is 2.43. The fourth-order valence-electron chi connectivity index (χ4n) is 8.90. The first-order chi connectivity index (χ1) is 45.2. The predicted molar refractivity (Wildman–Crippen MR) is 380 cm³/mol. The number of hydrogen-bond acceptors (Lipinski definition) is 14. The summed E-state index contributed by atoms with van der Waals surface area (Å²) >= 11 is 0. The molecule has 4 N–H and O–H groups in total. The first kappa shape index (κ1) is 88.7. The standard InChI is InChI=1S/C75H126O16P2/c1-4-7-10-13-16-19-22-25-28-30-32-34-36-38-41-43-46-49-52-55-58-61-73(78)85-64-70(76)65-87-92(81,82)88-66-71(77)67-89-93(83,84)90-69-72(91-75(80)63-60-57-54-51-48-45-40-27-24-21-18-15-12-9-6-3)68-86-74(79)62-59-56-53-50-47-44-42-39-37-35-33-31-29-26-23-20-17-14-11-8-5-2/h7,10,16-21,25-29,32-35,38-42,70-72,76-77H,4-6,8-9,11-15,22-24,30-31,36-37,43-69H2,1-3H3,(H,81,82)(H,83,84)/b10-7-,19-16-,20-17-,21-18-,28-25-,29-26-,34-32-,35-33-,40-27-,41-38-,42-39-. The summed E-state index contributed by atoms with van der Waals surface area (Å²) in [5, 5.41) is 20.6. The quantitative estimate of drug-likeness (QED) is 0.0146. The number of phosphoric ester groups is 2. The Morgan fingerprint density at radius 3 is 0.903 bits per heavy atom. The summed E-state index contributed by atoms with van der Waals surface area (Å²) in [4.78, 5) is 58.5. The van der Waals surface area contributed by atoms with Gasteiger partial charge in [-0.05, 0) is 141 Å². The normalized spacial score (nSPS) is 15.0. The summed E-state index contributed by atoms with van der Waals surface area (Å²) < 4.78 is 60.9. The van der Waals surface area contributed by atoms with Gasteiger partial charge >= 0.3 is 33.6 Å². The highest BCUT2D eigenvalue weighted by atomic mass is 31.2. The third kappa shape index (κ3) is 68.9. The van der Waals surface area contributed by atoms with E-state index in [2.05, 4.69) is 154 Å². The van der Waals surface area contributed by atoms with Crippen molar-refractivity contribution in [2.24, 2.45) is 0 Å². The van der Waals surface area contributed by atoms with Crippen LogP contribution in [0.1, 0.15) is 265 Å². The van der Waals surface area contributed by atoms with Crippen molar-refractivity contribution in [3.63, 3.8) is 0 Å². The lowest BCUT2D eigenvalue weighted by Crippen LogP contribution is -2.30. The molecule has 16 nitrogen and oxygen atoms in total. The molecule has 5 unspecified atom stereocenters. The largest absolute Gasteiger partial charge is 0.472 e. The SMILES string of the molecule is CC/C=C\C/C=C\C/C=C\C/C=C\C/C=C\CCCCCCCC(=O)OCC(O)COP(=O)(O)OCC(O)COP(=O)(O)OCC(COC(=O)CCCCCCC/C=C\C/C=C\C/C=C\C/C=C\CCCCC)OC(=O)CCCCCCC/C=C\C/C=C\CCCCC. The van der Waals surface area contributed by atoms with Crippen LogP contribution in [-0.4, -0.2) is 95.9 Å². The molecule has 0 amide bonds. The molecule has 0 saturated carbocycles. The number of carbonyl (C=O) groups excluding carboxylic acids is 3. The van der Waals surface area contributed by atoms with Gasteiger partial charge in [0.05, 0.1) is 26.4 Å². The van der Waals surface area contributed by atoms with Crippen LogP contribution >= 0.6 is 15.6 Å². The van der Waals surface area contributed by atoms with Gasteiger partial charge in [0.1, 0.15) is 25.4 Å². The molecular formula is C75H126O16P2. The second-order valence-corrected chi connectivity index (χ2v) is 26.2. The minimum Gasteiger partial charge on any atom is -0.463 e. The van der Waals surface area contributed by atoms with E-state index in [1.165, 1.54) is 44.9 Å². The molecule has 18 heteroatoms. The summed E-state index contributed by atoms with van der Waals surface area (Å²) in [5.74, 6) is -1.63. The van der Waals surface area contributed by atoms with Crippen LogP contribution in [0.5, 0.6) is 0 Å². The second kappa shape index (κ2) is 67.7. The zero-order valence-electron chi connectivity index (χ0n) is 57.6. The topological polar surface area (TPSA) is 231 Å². The van der Waals surface area contributed by atoms with Crippen molar-refractivity contribution in [2.75, 3.05) is 39.6 Å². The van der Waals surface area contributed by atoms with Crippen LogP contribution in [0.4, 0.5) is 0 Å². The van der Waals surface area contributed by atoms with Gasteiger partial charge in [0.15, 0.2) is 6.10 Å². The molecule has 0 aromatic heterocycles. The van der Waals surface area contributed by atoms with Crippen LogP contribution in [0.2, 0.25) is 0 Å². The fourth-order valence-corrected chi connectivity index (χ4v) is 10.5. The summed E-state index contributed by atoms with van der Waals surface area (Å²) in [6.07, 6.45) is 79.2. The van der Waals surface area contributed by atoms with Crippen molar-refractivity contribution in [1.29, 1.82) is 0 Å². The lowest BCUT2D eigenvalue weighted by atomic mass is 10.1. The summed E-state index contributed by atoms with van der Waals surface area (Å²) in [6, 6.07) is 0. The Morgan fingerprint density at radius 2 is 0.570 bits per heavy atom. The van der Waals surface area contributed by atoms with Crippen LogP contribution in [0.15, 0.2) is 134 Å². The molecule has 0 radical (unpaired) electrons. The number of aliphatic hydroxyl groups excluding tert-OH is 2. The number of unbranched alkanes of at least 4 members (excludes halogenated alkanes) is 21. The Balaban J connectivity index is 4.72. The van der Waals surface area contributed by atoms with Gasteiger partial charge in [-0.25, -0.2) is 9.13 Å². The van der Waals surface area contributed by atoms with E-state index in [1.807, 2.05) is 0 Å². The Kier molecular flexibility index (Phi) is 64.5. The van der Waals surface area contributed by atoms with Crippen LogP contribution in [0, 0.1) is 0 Å². The third-order valence-electron chi connectivity index (χ3n) is 14.3. The van der Waals surface area contributed by atoms with E-state index in [9.17, 15) is 43.5 Å². The predicted octanol–water partition coefficient (Wildman–Crippen LogP) is 20.0. The Bertz CT molecular complexity index is 2230. The molecule has 0 rings (SSSR count). The molecule has 0 saturated heterocycles. The molecule has 0 fully saturated rings. The summed E-state index contributed by atoms with van der Waals surface area (Å²) in [7, 11) is -9.80. The van der Waals surface area contributed by atoms with Gasteiger partial charge in [-0.2, -0.15) is 0 Å². The Morgan fingerprint density at radius 1 is 0.312 bits per heavy atom. The smallest absolute Gasteiger partial charge is 0.463 e. The lowest BCUT2D eigenvalue weighted by Gasteiger charge is -2.21. The first-order valence-electron chi connectivity index (χ1n) is 35.5. The van der Waals surface area contributed by atoms with Gasteiger partial charge < -0.3 is 34.2 Å². The molecule has 5 atom stereocenters. The number of esters is 3. The van der Waals surface area contributed by atoms with Gasteiger partial charge in [0.25, 0.3) is 0 Å². The van der Waals surface area contributed by atoms with Gasteiger partial charge in [-0.15, -0.1) is 0 Å². The highest BCUT2D eigenvalue weighted by Gasteiger charge is 2.29. The van der Waals surface area contributed by atoms with Crippen LogP contribution in [0.3, 0.4) is 0 Å². The highest BCUT2D eigenvalue weighted by molar-refractivity contribution is 7.47. The maximum Gasteiger partial charge on any atom is 0.472 e. The molecule has 0 aromatic carbocycles. The maximum absolute atomic E-state index is 12.9. The lowest BCUT2D eigenvalue weighted by molar-refractivity contribution is -0.161. The van der Waals surface area contributed by atoms with Crippen LogP contribution < -0.4 is 0 Å². The van der Waals surface area contributed by atoms with Crippen molar-refractivity contribution in [1.82, 2.24) is 0 Å². The van der Waals surface area contributed by atoms with Gasteiger partial charge in [0, 0.05) is 19.3 Å². The van der Waals surface area contributed by atoms with E-state index >= 15 is 0 Å². The fraction of sp³-hybridized carbons (Fsp3) is 0.667. The molecule has 0 spiro atoms. The minimum atomic E-state index is -4.94. The Hall–Kier alpha value is -4.31. The van der Waals surface area contributed by atoms with E-state index in [4.69, 9.17) is 32.3 Å². The first-order valence-corrected chi connectivity index (χ1v) is 38.5. The molecule has 532 valence electrons. The molecule has 0 bridgehead atoms. The average molecular weight is 1350 g/mol. The van der Waals surface area contributed by atoms with Crippen molar-refractivity contribution < 1.29 is 75.8 Å². The van der Waals surface area contributed by atoms with E-state index in [0.717, 1.165) is 161 Å². The zero-order chi connectivity index (χ0) is 68.1. The highest BCUT2D eigenvalue weighted by Crippen LogP contribution is 2.45. The van der Waals surface area contributed by atoms with E-state index in [-0.39, 0.29) is 19.3 Å². The molecule has 0 aliphatic rings. The second-order valence-electron chi connectivity index (χ2n) is 23.3. The molecule has 0 aliphatic heterocycles. The monoisotopic (exact) mass is 1340 g/mol. The number of phosphoric acid groups is 2. The number of rotatable bonds is 66. The molecule has 93 heavy (non-hydrogen) atoms. The van der Waals surface area contributed by atoms with E-state index < -0.39 is 91.5 Å². The van der Waals surface area contributed by atoms with E-state index in [1.54, 1.807) is 0 Å². The number of hydrogen-bond donors (Lipinski definition) is 4. The average Bonchev–Trinajstić information content (AvgIpc) is 3.71. The van der Waals surface area contributed by atoms with Crippen molar-refractivity contribution in [2.45, 2.75) is 283 Å². The van der Waals surface area contributed by atoms with Gasteiger partial charge in [-0.3, -0.25) is 32.5 Å². The van der Waals surface area contributed by atoms with Gasteiger partial charge in [0.2, 0.25) is 0 Å². The Labute approximate surface area is 563 Å². The molecular weight excluding hydrogens is 1220 g/mol. The number of ether oxygens (including phenoxy) is 3. The maximum atomic E-state index is 12.9. The summed E-state index contributed by atoms with van der Waals surface area (Å²) in [5.41, 5.74) is 0. The molecule has 0 aliphatic carbocycles. The van der Waals surface area contributed by atoms with E-state index in [0.29, 0.717) is 19.3 Å². The molecule has 0 aromatic rings. The minimum absolute atomic E-state index is 0.0800. The van der Waals surface area contributed by atoms with Crippen molar-refractivity contribution in [3.8, 4) is 0 Å². The van der Waals surface area contributed by atoms with Crippen molar-refractivity contribution >= 4 is 33.6 Å².